The lowest BCUT2D eigenvalue weighted by atomic mass is 10.2. The highest BCUT2D eigenvalue weighted by Crippen LogP contribution is 2.24. The Kier molecular flexibility index (Phi) is 4.99. The second-order valence-electron chi connectivity index (χ2n) is 5.37. The van der Waals surface area contributed by atoms with Crippen molar-refractivity contribution in [2.45, 2.75) is 6.54 Å². The van der Waals surface area contributed by atoms with Crippen LogP contribution in [0, 0.1) is 0 Å². The molecule has 0 aliphatic rings. The molecule has 3 aromatic rings. The van der Waals surface area contributed by atoms with Gasteiger partial charge in [0, 0.05) is 12.1 Å². The van der Waals surface area contributed by atoms with Crippen molar-refractivity contribution in [2.24, 2.45) is 0 Å². The highest BCUT2D eigenvalue weighted by Gasteiger charge is 2.18. The van der Waals surface area contributed by atoms with Crippen LogP contribution in [-0.2, 0) is 11.3 Å². The number of esters is 1. The number of nitrogens with one attached hydrogen (secondary N) is 2. The average Bonchev–Trinajstić information content (AvgIpc) is 3.11. The molecule has 1 heterocycles. The van der Waals surface area contributed by atoms with Crippen molar-refractivity contribution in [3.63, 3.8) is 0 Å². The minimum Gasteiger partial charge on any atom is -0.497 e. The number of hydrogen-bond donors (Lipinski definition) is 2. The number of carbonyl (C=O) groups excluding carboxylic acids is 1. The number of carbonyl (C=O) groups is 1. The minimum atomic E-state index is -0.470. The van der Waals surface area contributed by atoms with Gasteiger partial charge in [-0.25, -0.2) is 9.78 Å². The first-order chi connectivity index (χ1) is 12.2. The fraction of sp³-hybridized carbons (Fsp3) is 0.158. The zero-order valence-corrected chi connectivity index (χ0v) is 14.1. The predicted octanol–water partition coefficient (Wildman–Crippen LogP) is 3.48. The smallest absolute Gasteiger partial charge is 0.358 e. The summed E-state index contributed by atoms with van der Waals surface area (Å²) in [4.78, 5) is 19.6. The molecular formula is C19H19N3O3. The Bertz CT molecular complexity index is 842. The molecule has 6 heteroatoms. The quantitative estimate of drug-likeness (QED) is 0.674. The number of methoxy groups -OCH3 is 2. The number of benzene rings is 2. The largest absolute Gasteiger partial charge is 0.497 e. The van der Waals surface area contributed by atoms with Crippen LogP contribution in [0.2, 0.25) is 0 Å². The number of H-pyrrole nitrogens is 1. The number of hydrogen-bond acceptors (Lipinski definition) is 5. The molecule has 0 aliphatic heterocycles. The summed E-state index contributed by atoms with van der Waals surface area (Å²) >= 11 is 0. The van der Waals surface area contributed by atoms with Crippen molar-refractivity contribution in [3.8, 4) is 17.1 Å². The monoisotopic (exact) mass is 337 g/mol. The van der Waals surface area contributed by atoms with Crippen LogP contribution in [0.1, 0.15) is 16.1 Å². The van der Waals surface area contributed by atoms with Crippen LogP contribution < -0.4 is 10.1 Å². The predicted molar refractivity (Wildman–Crippen MR) is 95.7 cm³/mol. The van der Waals surface area contributed by atoms with Gasteiger partial charge in [0.05, 0.1) is 14.2 Å². The summed E-state index contributed by atoms with van der Waals surface area (Å²) < 4.78 is 10.0. The molecule has 0 amide bonds. The van der Waals surface area contributed by atoms with Crippen molar-refractivity contribution in [1.82, 2.24) is 9.97 Å². The van der Waals surface area contributed by atoms with E-state index >= 15 is 0 Å². The van der Waals surface area contributed by atoms with Crippen molar-refractivity contribution in [2.75, 3.05) is 19.5 Å². The second kappa shape index (κ2) is 7.53. The summed E-state index contributed by atoms with van der Waals surface area (Å²) in [5.41, 5.74) is 2.23. The van der Waals surface area contributed by atoms with Gasteiger partial charge < -0.3 is 19.8 Å². The zero-order valence-electron chi connectivity index (χ0n) is 14.1. The SMILES string of the molecule is COC(=O)c1[nH]c(-c2ccc(OC)cc2)nc1NCc1ccccc1. The molecule has 128 valence electrons. The van der Waals surface area contributed by atoms with E-state index in [4.69, 9.17) is 9.47 Å². The maximum Gasteiger partial charge on any atom is 0.358 e. The Balaban J connectivity index is 1.87. The normalized spacial score (nSPS) is 10.3. The molecule has 0 bridgehead atoms. The number of imidazole rings is 1. The van der Waals surface area contributed by atoms with Gasteiger partial charge in [-0.3, -0.25) is 0 Å². The summed E-state index contributed by atoms with van der Waals surface area (Å²) in [7, 11) is 2.96. The van der Waals surface area contributed by atoms with E-state index in [0.29, 0.717) is 23.9 Å². The Labute approximate surface area is 145 Å². The lowest BCUT2D eigenvalue weighted by Gasteiger charge is -2.05. The van der Waals surface area contributed by atoms with E-state index in [1.807, 2.05) is 54.6 Å². The van der Waals surface area contributed by atoms with Crippen LogP contribution >= 0.6 is 0 Å². The van der Waals surface area contributed by atoms with E-state index in [9.17, 15) is 4.79 Å². The van der Waals surface area contributed by atoms with E-state index in [1.54, 1.807) is 7.11 Å². The third-order valence-corrected chi connectivity index (χ3v) is 3.76. The molecule has 0 aliphatic carbocycles. The molecule has 3 rings (SSSR count). The van der Waals surface area contributed by atoms with Gasteiger partial charge >= 0.3 is 5.97 Å². The lowest BCUT2D eigenvalue weighted by Crippen LogP contribution is -2.08. The molecule has 6 nitrogen and oxygen atoms in total. The summed E-state index contributed by atoms with van der Waals surface area (Å²) in [6, 6.07) is 17.3. The minimum absolute atomic E-state index is 0.296. The zero-order chi connectivity index (χ0) is 17.6. The topological polar surface area (TPSA) is 76.2 Å². The van der Waals surface area contributed by atoms with Crippen molar-refractivity contribution in [1.29, 1.82) is 0 Å². The molecule has 1 aromatic heterocycles. The molecule has 0 spiro atoms. The van der Waals surface area contributed by atoms with Crippen LogP contribution in [0.5, 0.6) is 5.75 Å². The van der Waals surface area contributed by atoms with Gasteiger partial charge in [0.1, 0.15) is 11.6 Å². The summed E-state index contributed by atoms with van der Waals surface area (Å²) in [6.45, 7) is 0.553. The maximum absolute atomic E-state index is 12.0. The van der Waals surface area contributed by atoms with Crippen molar-refractivity contribution in [3.05, 3.63) is 65.9 Å². The fourth-order valence-corrected chi connectivity index (χ4v) is 2.42. The van der Waals surface area contributed by atoms with Gasteiger partial charge in [-0.2, -0.15) is 0 Å². The van der Waals surface area contributed by atoms with Crippen molar-refractivity contribution >= 4 is 11.8 Å². The number of rotatable bonds is 6. The van der Waals surface area contributed by atoms with Crippen LogP contribution in [-0.4, -0.2) is 30.2 Å². The number of anilines is 1. The molecule has 0 atom stereocenters. The molecule has 2 N–H and O–H groups in total. The van der Waals surface area contributed by atoms with Crippen LogP contribution in [0.15, 0.2) is 54.6 Å². The molecule has 0 unspecified atom stereocenters. The Morgan fingerprint density at radius 2 is 1.80 bits per heavy atom. The molecule has 0 saturated carbocycles. The lowest BCUT2D eigenvalue weighted by molar-refractivity contribution is 0.0596. The molecule has 0 radical (unpaired) electrons. The first-order valence-corrected chi connectivity index (χ1v) is 7.82. The number of nitrogens with zero attached hydrogens (tertiary/aromatic N) is 1. The molecule has 2 aromatic carbocycles. The highest BCUT2D eigenvalue weighted by molar-refractivity contribution is 5.93. The summed E-state index contributed by atoms with van der Waals surface area (Å²) in [5, 5.41) is 3.19. The van der Waals surface area contributed by atoms with E-state index < -0.39 is 5.97 Å². The van der Waals surface area contributed by atoms with Crippen LogP contribution in [0.25, 0.3) is 11.4 Å². The van der Waals surface area contributed by atoms with Crippen LogP contribution in [0.4, 0.5) is 5.82 Å². The Morgan fingerprint density at radius 3 is 2.44 bits per heavy atom. The summed E-state index contributed by atoms with van der Waals surface area (Å²) in [5.74, 6) is 1.33. The van der Waals surface area contributed by atoms with E-state index in [0.717, 1.165) is 16.9 Å². The van der Waals surface area contributed by atoms with Gasteiger partial charge in [-0.15, -0.1) is 0 Å². The Morgan fingerprint density at radius 1 is 1.08 bits per heavy atom. The van der Waals surface area contributed by atoms with E-state index in [2.05, 4.69) is 15.3 Å². The van der Waals surface area contributed by atoms with Gasteiger partial charge in [0.15, 0.2) is 11.5 Å². The van der Waals surface area contributed by atoms with Gasteiger partial charge in [-0.05, 0) is 29.8 Å². The number of aromatic nitrogens is 2. The van der Waals surface area contributed by atoms with E-state index in [1.165, 1.54) is 7.11 Å². The second-order valence-corrected chi connectivity index (χ2v) is 5.37. The number of ether oxygens (including phenoxy) is 2. The maximum atomic E-state index is 12.0. The molecule has 0 fully saturated rings. The van der Waals surface area contributed by atoms with Gasteiger partial charge in [-0.1, -0.05) is 30.3 Å². The first kappa shape index (κ1) is 16.6. The fourth-order valence-electron chi connectivity index (χ4n) is 2.42. The third kappa shape index (κ3) is 3.80. The number of aromatic amines is 1. The standard InChI is InChI=1S/C19H19N3O3/c1-24-15-10-8-14(9-11-15)17-21-16(19(23)25-2)18(22-17)20-12-13-6-4-3-5-7-13/h3-11,20H,12H2,1-2H3,(H,21,22). The van der Waals surface area contributed by atoms with Gasteiger partial charge in [0.25, 0.3) is 0 Å². The summed E-state index contributed by atoms with van der Waals surface area (Å²) in [6.07, 6.45) is 0. The van der Waals surface area contributed by atoms with Gasteiger partial charge in [0.2, 0.25) is 0 Å². The third-order valence-electron chi connectivity index (χ3n) is 3.76. The first-order valence-electron chi connectivity index (χ1n) is 7.82. The Hall–Kier alpha value is -3.28. The van der Waals surface area contributed by atoms with E-state index in [-0.39, 0.29) is 0 Å². The average molecular weight is 337 g/mol. The molecule has 25 heavy (non-hydrogen) atoms. The molecule has 0 saturated heterocycles. The van der Waals surface area contributed by atoms with Crippen molar-refractivity contribution < 1.29 is 14.3 Å². The molecular weight excluding hydrogens is 318 g/mol. The highest BCUT2D eigenvalue weighted by atomic mass is 16.5. The van der Waals surface area contributed by atoms with Crippen LogP contribution in [0.3, 0.4) is 0 Å².